The summed E-state index contributed by atoms with van der Waals surface area (Å²) in [5, 5.41) is 14.2. The van der Waals surface area contributed by atoms with Crippen LogP contribution in [0.3, 0.4) is 0 Å². The maximum absolute atomic E-state index is 9.44. The summed E-state index contributed by atoms with van der Waals surface area (Å²) >= 11 is 0. The molecule has 19 heavy (non-hydrogen) atoms. The molecular formula is C16H24N2O. The molecule has 2 N–H and O–H groups in total. The van der Waals surface area contributed by atoms with Crippen LogP contribution in [0, 0.1) is 0 Å². The molecule has 0 saturated carbocycles. The van der Waals surface area contributed by atoms with Crippen molar-refractivity contribution >= 4 is 10.9 Å². The summed E-state index contributed by atoms with van der Waals surface area (Å²) in [6, 6.07) is 9.06. The van der Waals surface area contributed by atoms with Gasteiger partial charge in [0.25, 0.3) is 0 Å². The molecular weight excluding hydrogens is 236 g/mol. The van der Waals surface area contributed by atoms with Gasteiger partial charge >= 0.3 is 0 Å². The van der Waals surface area contributed by atoms with Gasteiger partial charge in [0.15, 0.2) is 0 Å². The Labute approximate surface area is 115 Å². The van der Waals surface area contributed by atoms with E-state index in [1.807, 2.05) is 6.92 Å². The number of aromatic nitrogens is 1. The van der Waals surface area contributed by atoms with Crippen LogP contribution in [0.4, 0.5) is 0 Å². The van der Waals surface area contributed by atoms with E-state index in [9.17, 15) is 5.11 Å². The number of hydrogen-bond donors (Lipinski definition) is 2. The van der Waals surface area contributed by atoms with Crippen LogP contribution in [0.2, 0.25) is 0 Å². The number of rotatable bonds is 6. The van der Waals surface area contributed by atoms with Crippen molar-refractivity contribution in [3.63, 3.8) is 0 Å². The van der Waals surface area contributed by atoms with Gasteiger partial charge in [-0.2, -0.15) is 0 Å². The molecule has 0 aliphatic rings. The number of aliphatic hydroxyl groups excluding tert-OH is 1. The Morgan fingerprint density at radius 3 is 2.68 bits per heavy atom. The van der Waals surface area contributed by atoms with Crippen molar-refractivity contribution in [1.29, 1.82) is 0 Å². The number of benzene rings is 1. The molecule has 0 saturated heterocycles. The summed E-state index contributed by atoms with van der Waals surface area (Å²) < 4.78 is 2.25. The van der Waals surface area contributed by atoms with Crippen molar-refractivity contribution in [3.05, 3.63) is 36.0 Å². The summed E-state index contributed by atoms with van der Waals surface area (Å²) in [5.41, 5.74) is 2.61. The van der Waals surface area contributed by atoms with E-state index in [1.54, 1.807) is 0 Å². The maximum atomic E-state index is 9.44. The van der Waals surface area contributed by atoms with Gasteiger partial charge in [0.05, 0.1) is 11.6 Å². The van der Waals surface area contributed by atoms with Gasteiger partial charge in [0.1, 0.15) is 0 Å². The largest absolute Gasteiger partial charge is 0.393 e. The summed E-state index contributed by atoms with van der Waals surface area (Å²) in [5.74, 6) is 0. The molecule has 0 fully saturated rings. The molecule has 1 aromatic carbocycles. The van der Waals surface area contributed by atoms with Crippen LogP contribution in [-0.2, 0) is 13.1 Å². The summed E-state index contributed by atoms with van der Waals surface area (Å²) in [7, 11) is 0. The third-order valence-electron chi connectivity index (χ3n) is 3.36. The SMILES string of the molecule is CC(O)CCn1ccc2cccc(CNC(C)C)c21. The first-order valence-corrected chi connectivity index (χ1v) is 7.06. The maximum Gasteiger partial charge on any atom is 0.0529 e. The fraction of sp³-hybridized carbons (Fsp3) is 0.500. The quantitative estimate of drug-likeness (QED) is 0.838. The topological polar surface area (TPSA) is 37.2 Å². The van der Waals surface area contributed by atoms with Crippen LogP contribution < -0.4 is 5.32 Å². The second-order valence-electron chi connectivity index (χ2n) is 5.54. The second-order valence-corrected chi connectivity index (χ2v) is 5.54. The van der Waals surface area contributed by atoms with Crippen molar-refractivity contribution in [1.82, 2.24) is 9.88 Å². The molecule has 0 amide bonds. The van der Waals surface area contributed by atoms with Crippen molar-refractivity contribution in [2.45, 2.75) is 52.4 Å². The predicted octanol–water partition coefficient (Wildman–Crippen LogP) is 2.91. The van der Waals surface area contributed by atoms with E-state index in [2.05, 4.69) is 54.2 Å². The van der Waals surface area contributed by atoms with Gasteiger partial charge in [-0.3, -0.25) is 0 Å². The molecule has 3 nitrogen and oxygen atoms in total. The molecule has 0 radical (unpaired) electrons. The fourth-order valence-corrected chi connectivity index (χ4v) is 2.31. The van der Waals surface area contributed by atoms with Crippen LogP contribution in [0.5, 0.6) is 0 Å². The minimum absolute atomic E-state index is 0.251. The molecule has 1 atom stereocenters. The molecule has 104 valence electrons. The van der Waals surface area contributed by atoms with Gasteiger partial charge < -0.3 is 15.0 Å². The zero-order valence-electron chi connectivity index (χ0n) is 12.1. The molecule has 0 aliphatic carbocycles. The molecule has 0 spiro atoms. The van der Waals surface area contributed by atoms with E-state index in [0.29, 0.717) is 6.04 Å². The summed E-state index contributed by atoms with van der Waals surface area (Å²) in [4.78, 5) is 0. The lowest BCUT2D eigenvalue weighted by Crippen LogP contribution is -2.22. The van der Waals surface area contributed by atoms with Crippen LogP contribution in [-0.4, -0.2) is 21.8 Å². The first-order chi connectivity index (χ1) is 9.08. The van der Waals surface area contributed by atoms with Gasteiger partial charge in [-0.05, 0) is 30.4 Å². The van der Waals surface area contributed by atoms with Crippen molar-refractivity contribution < 1.29 is 5.11 Å². The summed E-state index contributed by atoms with van der Waals surface area (Å²) in [6.07, 6.45) is 2.65. The third kappa shape index (κ3) is 3.58. The number of nitrogens with one attached hydrogen (secondary N) is 1. The van der Waals surface area contributed by atoms with E-state index in [0.717, 1.165) is 19.5 Å². The molecule has 3 heteroatoms. The number of aryl methyl sites for hydroxylation is 1. The van der Waals surface area contributed by atoms with Gasteiger partial charge in [-0.15, -0.1) is 0 Å². The molecule has 1 heterocycles. The van der Waals surface area contributed by atoms with Crippen LogP contribution in [0.15, 0.2) is 30.5 Å². The van der Waals surface area contributed by atoms with Crippen molar-refractivity contribution in [2.75, 3.05) is 0 Å². The first kappa shape index (κ1) is 14.1. The Hall–Kier alpha value is -1.32. The summed E-state index contributed by atoms with van der Waals surface area (Å²) in [6.45, 7) is 7.90. The second kappa shape index (κ2) is 6.22. The van der Waals surface area contributed by atoms with E-state index in [1.165, 1.54) is 16.5 Å². The fourth-order valence-electron chi connectivity index (χ4n) is 2.31. The lowest BCUT2D eigenvalue weighted by Gasteiger charge is -2.13. The monoisotopic (exact) mass is 260 g/mol. The Kier molecular flexibility index (Phi) is 4.61. The molecule has 1 unspecified atom stereocenters. The number of para-hydroxylation sites is 1. The molecule has 1 aromatic heterocycles. The average molecular weight is 260 g/mol. The zero-order valence-corrected chi connectivity index (χ0v) is 12.1. The average Bonchev–Trinajstić information content (AvgIpc) is 2.77. The smallest absolute Gasteiger partial charge is 0.0529 e. The van der Waals surface area contributed by atoms with Crippen LogP contribution in [0.25, 0.3) is 10.9 Å². The van der Waals surface area contributed by atoms with Gasteiger partial charge in [0, 0.05) is 25.3 Å². The van der Waals surface area contributed by atoms with Gasteiger partial charge in [-0.1, -0.05) is 32.0 Å². The Morgan fingerprint density at radius 2 is 2.00 bits per heavy atom. The highest BCUT2D eigenvalue weighted by Crippen LogP contribution is 2.21. The highest BCUT2D eigenvalue weighted by Gasteiger charge is 2.07. The van der Waals surface area contributed by atoms with Crippen LogP contribution >= 0.6 is 0 Å². The lowest BCUT2D eigenvalue weighted by molar-refractivity contribution is 0.178. The number of aliphatic hydroxyl groups is 1. The zero-order chi connectivity index (χ0) is 13.8. The van der Waals surface area contributed by atoms with Crippen LogP contribution in [0.1, 0.15) is 32.8 Å². The van der Waals surface area contributed by atoms with Crippen molar-refractivity contribution in [3.8, 4) is 0 Å². The number of nitrogens with zero attached hydrogens (tertiary/aromatic N) is 1. The normalized spacial score (nSPS) is 13.3. The Bertz CT molecular complexity index is 529. The van der Waals surface area contributed by atoms with Gasteiger partial charge in [0.2, 0.25) is 0 Å². The Balaban J connectivity index is 2.27. The number of hydrogen-bond acceptors (Lipinski definition) is 2. The predicted molar refractivity (Wildman–Crippen MR) is 80.2 cm³/mol. The highest BCUT2D eigenvalue weighted by molar-refractivity contribution is 5.83. The molecule has 2 aromatic rings. The lowest BCUT2D eigenvalue weighted by atomic mass is 10.1. The van der Waals surface area contributed by atoms with E-state index in [4.69, 9.17) is 0 Å². The molecule has 0 bridgehead atoms. The third-order valence-corrected chi connectivity index (χ3v) is 3.36. The van der Waals surface area contributed by atoms with E-state index < -0.39 is 0 Å². The van der Waals surface area contributed by atoms with E-state index in [-0.39, 0.29) is 6.10 Å². The molecule has 2 rings (SSSR count). The first-order valence-electron chi connectivity index (χ1n) is 7.06. The minimum atomic E-state index is -0.251. The Morgan fingerprint density at radius 1 is 1.21 bits per heavy atom. The van der Waals surface area contributed by atoms with Crippen molar-refractivity contribution in [2.24, 2.45) is 0 Å². The van der Waals surface area contributed by atoms with E-state index >= 15 is 0 Å². The minimum Gasteiger partial charge on any atom is -0.393 e. The highest BCUT2D eigenvalue weighted by atomic mass is 16.3. The van der Waals surface area contributed by atoms with Gasteiger partial charge in [-0.25, -0.2) is 0 Å². The number of fused-ring (bicyclic) bond motifs is 1. The molecule has 0 aliphatic heterocycles. The standard InChI is InChI=1S/C16H24N2O/c1-12(2)17-11-15-6-4-5-14-8-10-18(16(14)15)9-7-13(3)19/h4-6,8,10,12-13,17,19H,7,9,11H2,1-3H3.